The lowest BCUT2D eigenvalue weighted by Crippen LogP contribution is -2.00. The van der Waals surface area contributed by atoms with Crippen LogP contribution in [0.3, 0.4) is 0 Å². The maximum Gasteiger partial charge on any atom is 0.232 e. The molecule has 0 unspecified atom stereocenters. The first-order valence-corrected chi connectivity index (χ1v) is 6.88. The molecule has 1 N–H and O–H groups in total. The Hall–Kier alpha value is -2.26. The molecule has 0 aliphatic carbocycles. The van der Waals surface area contributed by atoms with Crippen LogP contribution in [0.25, 0.3) is 6.08 Å². The molecule has 1 aliphatic rings. The van der Waals surface area contributed by atoms with Gasteiger partial charge >= 0.3 is 0 Å². The highest BCUT2D eigenvalue weighted by Gasteiger charge is 2.30. The van der Waals surface area contributed by atoms with Gasteiger partial charge in [-0.1, -0.05) is 23.7 Å². The molecule has 0 saturated carbocycles. The van der Waals surface area contributed by atoms with Crippen molar-refractivity contribution in [3.05, 3.63) is 63.4 Å². The quantitative estimate of drug-likeness (QED) is 0.800. The molecule has 0 aromatic heterocycles. The molecule has 21 heavy (non-hydrogen) atoms. The van der Waals surface area contributed by atoms with Gasteiger partial charge in [0.25, 0.3) is 0 Å². The number of carbonyl (C=O) groups excluding carboxylic acids is 1. The Balaban J connectivity index is 2.04. The zero-order chi connectivity index (χ0) is 15.1. The molecular formula is C17H13ClO3. The van der Waals surface area contributed by atoms with Crippen molar-refractivity contribution in [3.63, 3.8) is 0 Å². The zero-order valence-corrected chi connectivity index (χ0v) is 12.4. The van der Waals surface area contributed by atoms with Crippen LogP contribution in [0.5, 0.6) is 11.5 Å². The number of hydrogen-bond acceptors (Lipinski definition) is 3. The number of phenolic OH excluding ortho intramolecular Hbond substituents is 1. The minimum Gasteiger partial charge on any atom is -0.508 e. The van der Waals surface area contributed by atoms with Crippen LogP contribution in [0.15, 0.2) is 36.1 Å². The molecule has 0 bridgehead atoms. The van der Waals surface area contributed by atoms with Gasteiger partial charge in [0, 0.05) is 5.02 Å². The molecular weight excluding hydrogens is 288 g/mol. The van der Waals surface area contributed by atoms with Crippen molar-refractivity contribution in [1.82, 2.24) is 0 Å². The predicted octanol–water partition coefficient (Wildman–Crippen LogP) is 4.28. The number of aryl methyl sites for hydroxylation is 1. The minimum atomic E-state index is -0.169. The number of hydrogen-bond donors (Lipinski definition) is 1. The van der Waals surface area contributed by atoms with E-state index in [0.717, 1.165) is 16.7 Å². The zero-order valence-electron chi connectivity index (χ0n) is 11.6. The molecule has 1 aliphatic heterocycles. The van der Waals surface area contributed by atoms with Crippen LogP contribution >= 0.6 is 11.6 Å². The van der Waals surface area contributed by atoms with E-state index >= 15 is 0 Å². The van der Waals surface area contributed by atoms with Gasteiger partial charge in [0.2, 0.25) is 5.78 Å². The lowest BCUT2D eigenvalue weighted by Gasteiger charge is -2.05. The molecule has 0 saturated heterocycles. The fourth-order valence-corrected chi connectivity index (χ4v) is 2.54. The van der Waals surface area contributed by atoms with Gasteiger partial charge in [-0.3, -0.25) is 4.79 Å². The summed E-state index contributed by atoms with van der Waals surface area (Å²) in [7, 11) is 0. The Bertz CT molecular complexity index is 774. The first-order valence-electron chi connectivity index (χ1n) is 6.50. The van der Waals surface area contributed by atoms with Crippen molar-refractivity contribution in [2.45, 2.75) is 13.8 Å². The lowest BCUT2D eigenvalue weighted by molar-refractivity contribution is 0.101. The largest absolute Gasteiger partial charge is 0.508 e. The number of allylic oxidation sites excluding steroid dienone is 1. The van der Waals surface area contributed by atoms with E-state index in [9.17, 15) is 9.90 Å². The maximum atomic E-state index is 12.5. The summed E-state index contributed by atoms with van der Waals surface area (Å²) in [6.45, 7) is 3.70. The van der Waals surface area contributed by atoms with Gasteiger partial charge in [-0.2, -0.15) is 0 Å². The van der Waals surface area contributed by atoms with Crippen LogP contribution < -0.4 is 4.74 Å². The molecule has 4 heteroatoms. The second kappa shape index (κ2) is 4.93. The van der Waals surface area contributed by atoms with E-state index in [2.05, 4.69) is 0 Å². The number of rotatable bonds is 1. The fourth-order valence-electron chi connectivity index (χ4n) is 2.39. The van der Waals surface area contributed by atoms with Gasteiger partial charge in [-0.25, -0.2) is 0 Å². The van der Waals surface area contributed by atoms with Gasteiger partial charge in [0.05, 0.1) is 5.56 Å². The average molecular weight is 301 g/mol. The second-order valence-corrected chi connectivity index (χ2v) is 5.41. The number of aromatic hydroxyl groups is 1. The van der Waals surface area contributed by atoms with Crippen LogP contribution in [-0.4, -0.2) is 10.9 Å². The summed E-state index contributed by atoms with van der Waals surface area (Å²) in [6, 6.07) is 8.33. The van der Waals surface area contributed by atoms with Gasteiger partial charge in [-0.05, 0) is 54.8 Å². The van der Waals surface area contributed by atoms with E-state index < -0.39 is 0 Å². The average Bonchev–Trinajstić information content (AvgIpc) is 2.75. The summed E-state index contributed by atoms with van der Waals surface area (Å²) >= 11 is 6.20. The monoisotopic (exact) mass is 300 g/mol. The highest BCUT2D eigenvalue weighted by molar-refractivity contribution is 6.33. The van der Waals surface area contributed by atoms with E-state index in [0.29, 0.717) is 16.3 Å². The number of ether oxygens (including phenoxy) is 1. The van der Waals surface area contributed by atoms with Gasteiger partial charge < -0.3 is 9.84 Å². The first-order chi connectivity index (χ1) is 9.97. The molecule has 2 aromatic rings. The van der Waals surface area contributed by atoms with E-state index in [4.69, 9.17) is 16.3 Å². The second-order valence-electron chi connectivity index (χ2n) is 5.04. The van der Waals surface area contributed by atoms with E-state index in [1.165, 1.54) is 0 Å². The topological polar surface area (TPSA) is 46.5 Å². The number of phenols is 1. The van der Waals surface area contributed by atoms with Crippen LogP contribution in [0.4, 0.5) is 0 Å². The smallest absolute Gasteiger partial charge is 0.232 e. The Kier molecular flexibility index (Phi) is 3.22. The van der Waals surface area contributed by atoms with E-state index in [-0.39, 0.29) is 17.3 Å². The molecule has 0 spiro atoms. The number of benzene rings is 2. The summed E-state index contributed by atoms with van der Waals surface area (Å²) in [5.41, 5.74) is 2.93. The van der Waals surface area contributed by atoms with Crippen molar-refractivity contribution >= 4 is 23.5 Å². The molecule has 1 heterocycles. The van der Waals surface area contributed by atoms with Crippen molar-refractivity contribution < 1.29 is 14.6 Å². The SMILES string of the molecule is Cc1cc2c(c(C)c1Cl)C(=O)/C(=C/c1ccc(O)cc1)O2. The number of halogens is 1. The van der Waals surface area contributed by atoms with Crippen molar-refractivity contribution in [3.8, 4) is 11.5 Å². The highest BCUT2D eigenvalue weighted by atomic mass is 35.5. The number of Topliss-reactive ketones (excluding diaryl/α,β-unsaturated/α-hetero) is 1. The van der Waals surface area contributed by atoms with Crippen molar-refractivity contribution in [2.75, 3.05) is 0 Å². The minimum absolute atomic E-state index is 0.169. The number of carbonyl (C=O) groups is 1. The van der Waals surface area contributed by atoms with Gasteiger partial charge in [-0.15, -0.1) is 0 Å². The molecule has 3 rings (SSSR count). The summed E-state index contributed by atoms with van der Waals surface area (Å²) in [4.78, 5) is 12.5. The Labute approximate surface area is 127 Å². The van der Waals surface area contributed by atoms with Crippen LogP contribution in [0, 0.1) is 13.8 Å². The van der Waals surface area contributed by atoms with E-state index in [1.807, 2.05) is 13.8 Å². The summed E-state index contributed by atoms with van der Waals surface area (Å²) in [6.07, 6.45) is 1.66. The number of ketones is 1. The van der Waals surface area contributed by atoms with E-state index in [1.54, 1.807) is 36.4 Å². The molecule has 0 radical (unpaired) electrons. The van der Waals surface area contributed by atoms with Gasteiger partial charge in [0.15, 0.2) is 5.76 Å². The lowest BCUT2D eigenvalue weighted by atomic mass is 10.0. The fraction of sp³-hybridized carbons (Fsp3) is 0.118. The standard InChI is InChI=1S/C17H13ClO3/c1-9-7-13-15(10(2)16(9)18)17(20)14(21-13)8-11-3-5-12(19)6-4-11/h3-8,19H,1-2H3/b14-8-. The Morgan fingerprint density at radius 2 is 1.86 bits per heavy atom. The Morgan fingerprint density at radius 1 is 1.19 bits per heavy atom. The molecule has 2 aromatic carbocycles. The molecule has 0 atom stereocenters. The Morgan fingerprint density at radius 3 is 2.52 bits per heavy atom. The van der Waals surface area contributed by atoms with Gasteiger partial charge in [0.1, 0.15) is 11.5 Å². The molecule has 106 valence electrons. The third-order valence-corrected chi connectivity index (χ3v) is 4.09. The van der Waals surface area contributed by atoms with Crippen LogP contribution in [-0.2, 0) is 0 Å². The van der Waals surface area contributed by atoms with Crippen LogP contribution in [0.2, 0.25) is 5.02 Å². The summed E-state index contributed by atoms with van der Waals surface area (Å²) < 4.78 is 5.66. The van der Waals surface area contributed by atoms with Crippen LogP contribution in [0.1, 0.15) is 27.0 Å². The predicted molar refractivity (Wildman–Crippen MR) is 82.0 cm³/mol. The highest BCUT2D eigenvalue weighted by Crippen LogP contribution is 2.39. The third kappa shape index (κ3) is 2.30. The van der Waals surface area contributed by atoms with Crippen molar-refractivity contribution in [2.24, 2.45) is 0 Å². The maximum absolute atomic E-state index is 12.5. The third-order valence-electron chi connectivity index (χ3n) is 3.51. The summed E-state index contributed by atoms with van der Waals surface area (Å²) in [5.74, 6) is 0.819. The normalized spacial score (nSPS) is 15.2. The first kappa shape index (κ1) is 13.7. The molecule has 0 amide bonds. The molecule has 3 nitrogen and oxygen atoms in total. The van der Waals surface area contributed by atoms with Crippen molar-refractivity contribution in [1.29, 1.82) is 0 Å². The number of fused-ring (bicyclic) bond motifs is 1. The molecule has 0 fully saturated rings. The summed E-state index contributed by atoms with van der Waals surface area (Å²) in [5, 5.41) is 9.87.